The third-order valence-electron chi connectivity index (χ3n) is 12.5. The van der Waals surface area contributed by atoms with Gasteiger partial charge in [0.15, 0.2) is 0 Å². The second-order valence-electron chi connectivity index (χ2n) is 18.9. The van der Waals surface area contributed by atoms with Crippen LogP contribution in [0.1, 0.15) is 70.4 Å². The maximum absolute atomic E-state index is 13.5. The summed E-state index contributed by atoms with van der Waals surface area (Å²) in [5.41, 5.74) is 1.16. The zero-order valence-electron chi connectivity index (χ0n) is 43.3. The number of ether oxygens (including phenoxy) is 4. The van der Waals surface area contributed by atoms with Gasteiger partial charge in [-0.15, -0.1) is 0 Å². The summed E-state index contributed by atoms with van der Waals surface area (Å²) in [6, 6.07) is 7.46. The Kier molecular flexibility index (Phi) is 26.0. The summed E-state index contributed by atoms with van der Waals surface area (Å²) in [6.07, 6.45) is -13.5. The summed E-state index contributed by atoms with van der Waals surface area (Å²) >= 11 is 0. The van der Waals surface area contributed by atoms with Crippen LogP contribution in [0.4, 0.5) is 0 Å². The van der Waals surface area contributed by atoms with Gasteiger partial charge < -0.3 is 102 Å². The SMILES string of the molecule is CC(=O)N[C@@H](C)C(=O)N[C@@H](CCCCNC(=O)Cc1ccc(O[C@H]2O[C@H](CO)[C@@H](O)[C@H](O)[C@@H]2O)cc1)C(=O)NCC(=O)N[C@@H](CCCCNC(=O)Cc1ccc(O[C@H]2O[C@H](CO)[C@@H](O)[C@H](O)[C@@H]2O)cc1)C(=O)N[C@@H](C)C(=O)O. The molecule has 28 heteroatoms. The third-order valence-corrected chi connectivity index (χ3v) is 12.5. The Morgan fingerprint density at radius 3 is 1.36 bits per heavy atom. The van der Waals surface area contributed by atoms with Gasteiger partial charge in [0.25, 0.3) is 0 Å². The van der Waals surface area contributed by atoms with Crippen LogP contribution in [-0.4, -0.2) is 212 Å². The van der Waals surface area contributed by atoms with Crippen LogP contribution in [0, 0.1) is 0 Å². The van der Waals surface area contributed by atoms with Crippen LogP contribution in [0.15, 0.2) is 48.5 Å². The highest BCUT2D eigenvalue weighted by Crippen LogP contribution is 2.26. The molecular formula is C50H73N7O21. The maximum Gasteiger partial charge on any atom is 0.325 e. The van der Waals surface area contributed by atoms with E-state index in [0.29, 0.717) is 24.0 Å². The van der Waals surface area contributed by atoms with Gasteiger partial charge in [0, 0.05) is 20.0 Å². The molecule has 434 valence electrons. The number of rotatable bonds is 30. The molecular weight excluding hydrogens is 1030 g/mol. The first-order valence-electron chi connectivity index (χ1n) is 25.3. The normalized spacial score (nSPS) is 24.4. The number of hydrogen-bond acceptors (Lipinski definition) is 20. The molecule has 0 saturated carbocycles. The number of amides is 7. The number of carboxylic acids is 1. The highest BCUT2D eigenvalue weighted by atomic mass is 16.7. The molecule has 0 aliphatic carbocycles. The molecule has 0 bridgehead atoms. The van der Waals surface area contributed by atoms with E-state index >= 15 is 0 Å². The molecule has 0 radical (unpaired) electrons. The first-order valence-corrected chi connectivity index (χ1v) is 25.3. The summed E-state index contributed by atoms with van der Waals surface area (Å²) in [5, 5.41) is 106. The highest BCUT2D eigenvalue weighted by molar-refractivity contribution is 5.94. The minimum Gasteiger partial charge on any atom is -0.480 e. The maximum atomic E-state index is 13.5. The Morgan fingerprint density at radius 1 is 0.513 bits per heavy atom. The van der Waals surface area contributed by atoms with Crippen molar-refractivity contribution in [3.63, 3.8) is 0 Å². The molecule has 2 aliphatic heterocycles. The standard InChI is InChI=1S/C50H73N7O21/c1-25(54-27(3)60)45(70)57-32(8-4-6-18-51-36(61)20-28-10-14-30(15-11-28)75-49-43(68)41(66)39(64)34(23-58)77-49)46(71)53-22-38(63)56-33(47(72)55-26(2)48(73)74)9-5-7-19-52-37(62)21-29-12-16-31(17-13-29)76-50-44(69)42(67)40(65)35(24-59)78-50/h10-17,25-26,32-35,39-44,49-50,58-59,64-69H,4-9,18-24H2,1-3H3,(H,51,61)(H,52,62)(H,53,71)(H,54,60)(H,55,72)(H,56,63)(H,57,70)(H,73,74)/t25-,26-,32-,33-,34+,35+,39+,40+,41-,42-,43-,44-,49-,50-/m0/s1. The van der Waals surface area contributed by atoms with Crippen LogP contribution in [0.25, 0.3) is 0 Å². The summed E-state index contributed by atoms with van der Waals surface area (Å²) in [4.78, 5) is 101. The summed E-state index contributed by atoms with van der Waals surface area (Å²) < 4.78 is 21.9. The lowest BCUT2D eigenvalue weighted by atomic mass is 9.99. The fourth-order valence-corrected chi connectivity index (χ4v) is 7.98. The van der Waals surface area contributed by atoms with Gasteiger partial charge in [-0.2, -0.15) is 0 Å². The molecule has 0 unspecified atom stereocenters. The van der Waals surface area contributed by atoms with E-state index in [2.05, 4.69) is 37.2 Å². The molecule has 16 N–H and O–H groups in total. The smallest absolute Gasteiger partial charge is 0.325 e. The lowest BCUT2D eigenvalue weighted by Gasteiger charge is -2.39. The number of aliphatic carboxylic acids is 1. The van der Waals surface area contributed by atoms with Gasteiger partial charge in [-0.05, 0) is 87.8 Å². The van der Waals surface area contributed by atoms with Crippen LogP contribution in [0.5, 0.6) is 11.5 Å². The lowest BCUT2D eigenvalue weighted by Crippen LogP contribution is -2.60. The van der Waals surface area contributed by atoms with Crippen molar-refractivity contribution in [2.45, 2.75) is 158 Å². The Labute approximate surface area is 448 Å². The van der Waals surface area contributed by atoms with Crippen LogP contribution in [0.3, 0.4) is 0 Å². The van der Waals surface area contributed by atoms with E-state index in [1.54, 1.807) is 24.3 Å². The molecule has 0 aromatic heterocycles. The van der Waals surface area contributed by atoms with E-state index in [4.69, 9.17) is 18.9 Å². The third kappa shape index (κ3) is 20.3. The number of hydrogen-bond donors (Lipinski definition) is 16. The van der Waals surface area contributed by atoms with Gasteiger partial charge in [0.1, 0.15) is 84.5 Å². The number of carbonyl (C=O) groups excluding carboxylic acids is 7. The number of benzene rings is 2. The van der Waals surface area contributed by atoms with Gasteiger partial charge in [-0.1, -0.05) is 24.3 Å². The van der Waals surface area contributed by atoms with Crippen LogP contribution in [-0.2, 0) is 60.7 Å². The molecule has 2 fully saturated rings. The molecule has 0 spiro atoms. The van der Waals surface area contributed by atoms with E-state index in [1.165, 1.54) is 45.0 Å². The first-order chi connectivity index (χ1) is 37.0. The van der Waals surface area contributed by atoms with Gasteiger partial charge in [-0.3, -0.25) is 38.4 Å². The number of aliphatic hydroxyl groups is 8. The lowest BCUT2D eigenvalue weighted by molar-refractivity contribution is -0.277. The second kappa shape index (κ2) is 31.7. The average molecular weight is 1110 g/mol. The number of carbonyl (C=O) groups is 8. The van der Waals surface area contributed by atoms with E-state index in [9.17, 15) is 84.3 Å². The largest absolute Gasteiger partial charge is 0.480 e. The molecule has 14 atom stereocenters. The minimum absolute atomic E-state index is 0.00431. The van der Waals surface area contributed by atoms with Gasteiger partial charge >= 0.3 is 5.97 Å². The molecule has 2 saturated heterocycles. The molecule has 78 heavy (non-hydrogen) atoms. The van der Waals surface area contributed by atoms with Gasteiger partial charge in [-0.25, -0.2) is 0 Å². The minimum atomic E-state index is -1.62. The molecule has 28 nitrogen and oxygen atoms in total. The van der Waals surface area contributed by atoms with Crippen LogP contribution in [0.2, 0.25) is 0 Å². The zero-order valence-corrected chi connectivity index (χ0v) is 43.3. The van der Waals surface area contributed by atoms with E-state index < -0.39 is 141 Å². The molecule has 2 aromatic rings. The Balaban J connectivity index is 1.23. The molecule has 4 rings (SSSR count). The topological polar surface area (TPSA) is 440 Å². The molecule has 7 amide bonds. The summed E-state index contributed by atoms with van der Waals surface area (Å²) in [5.74, 6) is -5.28. The second-order valence-corrected chi connectivity index (χ2v) is 18.9. The van der Waals surface area contributed by atoms with Crippen molar-refractivity contribution in [1.29, 1.82) is 0 Å². The van der Waals surface area contributed by atoms with E-state index in [1.807, 2.05) is 0 Å². The van der Waals surface area contributed by atoms with Crippen molar-refractivity contribution in [3.05, 3.63) is 59.7 Å². The fourth-order valence-electron chi connectivity index (χ4n) is 7.98. The Hall–Kier alpha value is -6.60. The van der Waals surface area contributed by atoms with Crippen molar-refractivity contribution in [2.75, 3.05) is 32.8 Å². The first kappa shape index (κ1) is 63.9. The van der Waals surface area contributed by atoms with Crippen molar-refractivity contribution in [2.24, 2.45) is 0 Å². The van der Waals surface area contributed by atoms with Crippen LogP contribution >= 0.6 is 0 Å². The highest BCUT2D eigenvalue weighted by Gasteiger charge is 2.46. The monoisotopic (exact) mass is 1110 g/mol. The van der Waals surface area contributed by atoms with E-state index in [-0.39, 0.29) is 74.9 Å². The predicted octanol–water partition coefficient (Wildman–Crippen LogP) is -5.40. The van der Waals surface area contributed by atoms with Crippen molar-refractivity contribution < 1.29 is 103 Å². The summed E-state index contributed by atoms with van der Waals surface area (Å²) in [7, 11) is 0. The van der Waals surface area contributed by atoms with Crippen molar-refractivity contribution >= 4 is 47.3 Å². The summed E-state index contributed by atoms with van der Waals surface area (Å²) in [6.45, 7) is 2.24. The zero-order chi connectivity index (χ0) is 57.6. The number of nitrogens with one attached hydrogen (secondary N) is 7. The van der Waals surface area contributed by atoms with E-state index in [0.717, 1.165) is 0 Å². The Bertz CT molecular complexity index is 2290. The Morgan fingerprint density at radius 2 is 0.949 bits per heavy atom. The number of aliphatic hydroxyl groups excluding tert-OH is 8. The molecule has 2 heterocycles. The van der Waals surface area contributed by atoms with Crippen molar-refractivity contribution in [1.82, 2.24) is 37.2 Å². The van der Waals surface area contributed by atoms with Crippen molar-refractivity contribution in [3.8, 4) is 11.5 Å². The average Bonchev–Trinajstić information content (AvgIpc) is 3.42. The number of unbranched alkanes of at least 4 members (excludes halogenated alkanes) is 2. The van der Waals surface area contributed by atoms with Crippen LogP contribution < -0.4 is 46.7 Å². The predicted molar refractivity (Wildman–Crippen MR) is 268 cm³/mol. The van der Waals surface area contributed by atoms with Gasteiger partial charge in [0.2, 0.25) is 53.9 Å². The quantitative estimate of drug-likeness (QED) is 0.0325. The fraction of sp³-hybridized carbons (Fsp3) is 0.600. The molecule has 2 aliphatic rings. The molecule has 2 aromatic carbocycles. The van der Waals surface area contributed by atoms with Gasteiger partial charge in [0.05, 0.1) is 32.6 Å². The number of carboxylic acid groups (broad SMARTS) is 1.